The maximum Gasteiger partial charge on any atom is 0.0938 e. The van der Waals surface area contributed by atoms with E-state index in [0.717, 1.165) is 22.4 Å². The van der Waals surface area contributed by atoms with Gasteiger partial charge in [-0.1, -0.05) is 182 Å². The fourth-order valence-corrected chi connectivity index (χ4v) is 7.01. The van der Waals surface area contributed by atoms with Gasteiger partial charge in [-0.15, -0.1) is 0 Å². The molecule has 0 saturated heterocycles. The Morgan fingerprint density at radius 3 is 1.75 bits per heavy atom. The van der Waals surface area contributed by atoms with Gasteiger partial charge in [0.25, 0.3) is 0 Å². The Morgan fingerprint density at radius 2 is 1.06 bits per heavy atom. The predicted octanol–water partition coefficient (Wildman–Crippen LogP) is 10.1. The maximum absolute atomic E-state index is 6.57. The van der Waals surface area contributed by atoms with Crippen LogP contribution in [0.4, 0.5) is 0 Å². The van der Waals surface area contributed by atoms with Gasteiger partial charge in [0.1, 0.15) is 0 Å². The summed E-state index contributed by atoms with van der Waals surface area (Å²) in [7, 11) is 0. The van der Waals surface area contributed by atoms with Crippen molar-refractivity contribution in [2.24, 2.45) is 5.73 Å². The normalized spacial score (nSPS) is 15.4. The second kappa shape index (κ2) is 14.8. The number of fused-ring (bicyclic) bond motifs is 1. The molecular formula is C47H40N4. The van der Waals surface area contributed by atoms with Crippen molar-refractivity contribution in [3.63, 3.8) is 0 Å². The Labute approximate surface area is 300 Å². The van der Waals surface area contributed by atoms with Gasteiger partial charge in [0.15, 0.2) is 0 Å². The topological polar surface area (TPSA) is 62.1 Å². The SMILES string of the molecule is NC(NNC(c1ccccc1)c1ccc(-c2ccc(C3=CC(c4ccccc4)=CC(c4ccccc4)N3)cc2)c2ccccc12)c1ccccc1. The van der Waals surface area contributed by atoms with E-state index in [0.29, 0.717) is 0 Å². The van der Waals surface area contributed by atoms with Gasteiger partial charge in [-0.2, -0.15) is 0 Å². The van der Waals surface area contributed by atoms with Gasteiger partial charge in [0.2, 0.25) is 0 Å². The zero-order valence-corrected chi connectivity index (χ0v) is 28.3. The van der Waals surface area contributed by atoms with Crippen LogP contribution in [0.25, 0.3) is 33.2 Å². The Morgan fingerprint density at radius 1 is 0.490 bits per heavy atom. The molecule has 51 heavy (non-hydrogen) atoms. The third kappa shape index (κ3) is 7.03. The lowest BCUT2D eigenvalue weighted by atomic mass is 9.89. The first-order chi connectivity index (χ1) is 25.2. The number of rotatable bonds is 10. The van der Waals surface area contributed by atoms with Crippen LogP contribution in [0, 0.1) is 0 Å². The second-order valence-corrected chi connectivity index (χ2v) is 12.9. The summed E-state index contributed by atoms with van der Waals surface area (Å²) in [6.45, 7) is 0. The summed E-state index contributed by atoms with van der Waals surface area (Å²) in [4.78, 5) is 0. The Hall–Kier alpha value is -6.04. The Balaban J connectivity index is 1.12. The van der Waals surface area contributed by atoms with E-state index in [9.17, 15) is 0 Å². The fraction of sp³-hybridized carbons (Fsp3) is 0.0638. The molecule has 0 fully saturated rings. The summed E-state index contributed by atoms with van der Waals surface area (Å²) < 4.78 is 0. The molecule has 0 saturated carbocycles. The highest BCUT2D eigenvalue weighted by molar-refractivity contribution is 5.99. The van der Waals surface area contributed by atoms with Crippen LogP contribution < -0.4 is 21.9 Å². The number of hydrazine groups is 1. The van der Waals surface area contributed by atoms with Gasteiger partial charge in [-0.3, -0.25) is 0 Å². The van der Waals surface area contributed by atoms with E-state index in [1.165, 1.54) is 44.2 Å². The number of nitrogens with two attached hydrogens (primary N) is 1. The van der Waals surface area contributed by atoms with E-state index < -0.39 is 0 Å². The van der Waals surface area contributed by atoms with Crippen molar-refractivity contribution in [2.45, 2.75) is 18.2 Å². The highest BCUT2D eigenvalue weighted by Gasteiger charge is 2.21. The smallest absolute Gasteiger partial charge is 0.0938 e. The molecule has 0 aromatic heterocycles. The molecule has 1 aliphatic rings. The molecule has 0 radical (unpaired) electrons. The van der Waals surface area contributed by atoms with E-state index in [1.807, 2.05) is 36.4 Å². The molecule has 0 spiro atoms. The largest absolute Gasteiger partial charge is 0.374 e. The van der Waals surface area contributed by atoms with Crippen molar-refractivity contribution in [1.29, 1.82) is 0 Å². The fourth-order valence-electron chi connectivity index (χ4n) is 7.01. The quantitative estimate of drug-likeness (QED) is 0.0871. The number of allylic oxidation sites excluding steroid dienone is 2. The molecule has 1 aliphatic heterocycles. The highest BCUT2D eigenvalue weighted by Crippen LogP contribution is 2.37. The zero-order valence-electron chi connectivity index (χ0n) is 28.3. The van der Waals surface area contributed by atoms with Gasteiger partial charge in [-0.05, 0) is 73.0 Å². The predicted molar refractivity (Wildman–Crippen MR) is 212 cm³/mol. The van der Waals surface area contributed by atoms with Crippen LogP contribution in [0.1, 0.15) is 51.6 Å². The number of benzene rings is 7. The molecule has 248 valence electrons. The summed E-state index contributed by atoms with van der Waals surface area (Å²) in [6.07, 6.45) is 4.22. The average molecular weight is 661 g/mol. The minimum atomic E-state index is -0.363. The van der Waals surface area contributed by atoms with Crippen molar-refractivity contribution in [2.75, 3.05) is 0 Å². The van der Waals surface area contributed by atoms with Crippen LogP contribution in [0.5, 0.6) is 0 Å². The minimum absolute atomic E-state index is 0.0699. The van der Waals surface area contributed by atoms with Crippen LogP contribution in [0.3, 0.4) is 0 Å². The first kappa shape index (κ1) is 32.2. The molecule has 4 heteroatoms. The third-order valence-electron chi connectivity index (χ3n) is 9.67. The van der Waals surface area contributed by atoms with Crippen LogP contribution in [-0.4, -0.2) is 0 Å². The number of dihydropyridines is 1. The minimum Gasteiger partial charge on any atom is -0.374 e. The van der Waals surface area contributed by atoms with Crippen molar-refractivity contribution in [3.8, 4) is 11.1 Å². The number of hydrogen-bond donors (Lipinski definition) is 4. The van der Waals surface area contributed by atoms with Crippen molar-refractivity contribution in [1.82, 2.24) is 16.2 Å². The first-order valence-electron chi connectivity index (χ1n) is 17.5. The van der Waals surface area contributed by atoms with Crippen LogP contribution in [0.15, 0.2) is 194 Å². The molecule has 1 heterocycles. The summed E-state index contributed by atoms with van der Waals surface area (Å²) >= 11 is 0. The van der Waals surface area contributed by atoms with Crippen molar-refractivity contribution < 1.29 is 0 Å². The number of nitrogens with one attached hydrogen (secondary N) is 3. The third-order valence-corrected chi connectivity index (χ3v) is 9.67. The van der Waals surface area contributed by atoms with E-state index in [4.69, 9.17) is 5.73 Å². The van der Waals surface area contributed by atoms with Gasteiger partial charge in [-0.25, -0.2) is 10.9 Å². The van der Waals surface area contributed by atoms with E-state index in [-0.39, 0.29) is 18.2 Å². The lowest BCUT2D eigenvalue weighted by molar-refractivity contribution is 0.415. The van der Waals surface area contributed by atoms with Gasteiger partial charge in [0, 0.05) is 5.70 Å². The molecule has 0 aliphatic carbocycles. The summed E-state index contributed by atoms with van der Waals surface area (Å²) in [5.41, 5.74) is 25.2. The molecule has 3 atom stereocenters. The van der Waals surface area contributed by atoms with Gasteiger partial charge >= 0.3 is 0 Å². The van der Waals surface area contributed by atoms with E-state index in [1.54, 1.807) is 0 Å². The van der Waals surface area contributed by atoms with E-state index in [2.05, 4.69) is 174 Å². The van der Waals surface area contributed by atoms with Crippen molar-refractivity contribution >= 4 is 22.0 Å². The zero-order chi connectivity index (χ0) is 34.4. The van der Waals surface area contributed by atoms with Gasteiger partial charge < -0.3 is 11.1 Å². The molecule has 3 unspecified atom stereocenters. The van der Waals surface area contributed by atoms with Crippen LogP contribution in [-0.2, 0) is 0 Å². The van der Waals surface area contributed by atoms with Gasteiger partial charge in [0.05, 0.1) is 18.2 Å². The molecule has 8 rings (SSSR count). The monoisotopic (exact) mass is 660 g/mol. The lowest BCUT2D eigenvalue weighted by Gasteiger charge is -2.26. The maximum atomic E-state index is 6.57. The molecular weight excluding hydrogens is 621 g/mol. The molecule has 0 amide bonds. The van der Waals surface area contributed by atoms with Crippen LogP contribution in [0.2, 0.25) is 0 Å². The molecule has 4 nitrogen and oxygen atoms in total. The second-order valence-electron chi connectivity index (χ2n) is 12.9. The molecule has 7 aromatic carbocycles. The highest BCUT2D eigenvalue weighted by atomic mass is 15.4. The first-order valence-corrected chi connectivity index (χ1v) is 17.5. The molecule has 0 bridgehead atoms. The Bertz CT molecular complexity index is 2280. The van der Waals surface area contributed by atoms with Crippen LogP contribution >= 0.6 is 0 Å². The van der Waals surface area contributed by atoms with Crippen molar-refractivity contribution in [3.05, 3.63) is 228 Å². The average Bonchev–Trinajstić information content (AvgIpc) is 3.22. The van der Waals surface area contributed by atoms with E-state index >= 15 is 0 Å². The lowest BCUT2D eigenvalue weighted by Crippen LogP contribution is -2.42. The Kier molecular flexibility index (Phi) is 9.36. The molecule has 5 N–H and O–H groups in total. The summed E-state index contributed by atoms with van der Waals surface area (Å²) in [5.74, 6) is 0. The number of hydrogen-bond acceptors (Lipinski definition) is 4. The summed E-state index contributed by atoms with van der Waals surface area (Å²) in [5, 5.41) is 6.19. The standard InChI is InChI=1S/C47H40N4/c48-47(38-21-11-4-12-22-38)51-50-46(37-19-9-3-10-20-37)43-30-29-40(41-23-13-14-24-42(41)43)34-25-27-36(28-26-34)45-32-39(33-15-5-1-6-16-33)31-44(49-45)35-17-7-2-8-18-35/h1-32,44,46-47,49-51H,48H2. The molecule has 7 aromatic rings. The summed E-state index contributed by atoms with van der Waals surface area (Å²) in [6, 6.07) is 63.9.